The number of hydrogen-bond acceptors (Lipinski definition) is 5. The Bertz CT molecular complexity index is 2660. The Kier molecular flexibility index (Phi) is 7.12. The molecule has 0 bridgehead atoms. The zero-order valence-electron chi connectivity index (χ0n) is 28.1. The van der Waals surface area contributed by atoms with Gasteiger partial charge in [0.25, 0.3) is 0 Å². The van der Waals surface area contributed by atoms with E-state index in [2.05, 4.69) is 140 Å². The van der Waals surface area contributed by atoms with Crippen LogP contribution in [0.15, 0.2) is 179 Å². The van der Waals surface area contributed by atoms with Crippen LogP contribution in [0.5, 0.6) is 0 Å². The molecule has 1 aliphatic heterocycles. The Morgan fingerprint density at radius 2 is 1.23 bits per heavy atom. The Balaban J connectivity index is 1.15. The van der Waals surface area contributed by atoms with Crippen molar-refractivity contribution in [1.82, 2.24) is 15.0 Å². The van der Waals surface area contributed by atoms with E-state index in [1.807, 2.05) is 42.1 Å². The highest BCUT2D eigenvalue weighted by Crippen LogP contribution is 2.64. The highest BCUT2D eigenvalue weighted by molar-refractivity contribution is 8.03. The molecule has 2 unspecified atom stereocenters. The third kappa shape index (κ3) is 4.72. The van der Waals surface area contributed by atoms with Gasteiger partial charge < -0.3 is 0 Å². The van der Waals surface area contributed by atoms with Crippen LogP contribution in [0.25, 0.3) is 45.0 Å². The molecule has 1 spiro atoms. The van der Waals surface area contributed by atoms with Gasteiger partial charge in [-0.2, -0.15) is 5.26 Å². The fraction of sp³-hybridized carbons (Fsp3) is 0.0638. The smallest absolute Gasteiger partial charge is 0.163 e. The Morgan fingerprint density at radius 1 is 0.577 bits per heavy atom. The van der Waals surface area contributed by atoms with Crippen LogP contribution in [0.1, 0.15) is 40.4 Å². The van der Waals surface area contributed by atoms with Crippen molar-refractivity contribution in [2.45, 2.75) is 22.6 Å². The molecule has 10 rings (SSSR count). The maximum atomic E-state index is 10.1. The Hall–Kier alpha value is -6.35. The summed E-state index contributed by atoms with van der Waals surface area (Å²) in [6, 6.07) is 55.2. The molecule has 3 aliphatic rings. The third-order valence-electron chi connectivity index (χ3n) is 10.6. The number of thioether (sulfide) groups is 1. The third-order valence-corrected chi connectivity index (χ3v) is 11.8. The lowest BCUT2D eigenvalue weighted by molar-refractivity contribution is 0.627. The van der Waals surface area contributed by atoms with E-state index in [4.69, 9.17) is 15.0 Å². The van der Waals surface area contributed by atoms with Crippen molar-refractivity contribution >= 4 is 11.8 Å². The molecule has 1 aromatic heterocycles. The van der Waals surface area contributed by atoms with Gasteiger partial charge in [-0.05, 0) is 75.2 Å². The summed E-state index contributed by atoms with van der Waals surface area (Å²) in [5.74, 6) is 1.96. The van der Waals surface area contributed by atoms with E-state index in [0.29, 0.717) is 17.2 Å². The topological polar surface area (TPSA) is 62.5 Å². The molecule has 0 amide bonds. The van der Waals surface area contributed by atoms with E-state index >= 15 is 0 Å². The summed E-state index contributed by atoms with van der Waals surface area (Å²) in [4.78, 5) is 18.0. The minimum Gasteiger partial charge on any atom is -0.212 e. The number of benzene rings is 6. The first-order chi connectivity index (χ1) is 25.7. The quantitative estimate of drug-likeness (QED) is 0.185. The van der Waals surface area contributed by atoms with Crippen LogP contribution >= 0.6 is 11.8 Å². The van der Waals surface area contributed by atoms with Crippen LogP contribution in [-0.2, 0) is 5.41 Å². The molecule has 2 aliphatic carbocycles. The van der Waals surface area contributed by atoms with Crippen molar-refractivity contribution in [1.29, 1.82) is 5.26 Å². The SMILES string of the molecule is N#Cc1ccc2c(c1)C1(C3=C(C=CC(c4nc(-c5ccccc5)nc(-c5cccc(-c6ccccc6)c5)n4)C3)Sc3ccccc31)c1ccccc1-2. The molecule has 7 aromatic rings. The van der Waals surface area contributed by atoms with E-state index in [1.165, 1.54) is 43.2 Å². The predicted octanol–water partition coefficient (Wildman–Crippen LogP) is 11.2. The Labute approximate surface area is 306 Å². The second-order valence-electron chi connectivity index (χ2n) is 13.4. The molecule has 0 saturated heterocycles. The predicted molar refractivity (Wildman–Crippen MR) is 208 cm³/mol. The van der Waals surface area contributed by atoms with Crippen LogP contribution in [-0.4, -0.2) is 15.0 Å². The second kappa shape index (κ2) is 12.2. The summed E-state index contributed by atoms with van der Waals surface area (Å²) < 4.78 is 0. The summed E-state index contributed by atoms with van der Waals surface area (Å²) in [7, 11) is 0. The van der Waals surface area contributed by atoms with Crippen LogP contribution in [0.2, 0.25) is 0 Å². The van der Waals surface area contributed by atoms with Crippen LogP contribution in [0.4, 0.5) is 0 Å². The molecule has 6 aromatic carbocycles. The highest BCUT2D eigenvalue weighted by atomic mass is 32.2. The summed E-state index contributed by atoms with van der Waals surface area (Å²) in [5, 5.41) is 10.1. The monoisotopic (exact) mass is 682 g/mol. The van der Waals surface area contributed by atoms with Gasteiger partial charge in [0, 0.05) is 26.8 Å². The van der Waals surface area contributed by atoms with Gasteiger partial charge in [-0.15, -0.1) is 0 Å². The lowest BCUT2D eigenvalue weighted by Crippen LogP contribution is -2.34. The number of aromatic nitrogens is 3. The summed E-state index contributed by atoms with van der Waals surface area (Å²) in [6.07, 6.45) is 5.27. The normalized spacial score (nSPS) is 17.9. The molecule has 0 N–H and O–H groups in total. The van der Waals surface area contributed by atoms with Gasteiger partial charge >= 0.3 is 0 Å². The van der Waals surface area contributed by atoms with E-state index in [0.717, 1.165) is 34.5 Å². The van der Waals surface area contributed by atoms with E-state index in [1.54, 1.807) is 0 Å². The first-order valence-corrected chi connectivity index (χ1v) is 18.3. The van der Waals surface area contributed by atoms with Gasteiger partial charge in [-0.25, -0.2) is 15.0 Å². The molecule has 0 fully saturated rings. The number of hydrogen-bond donors (Lipinski definition) is 0. The summed E-state index contributed by atoms with van der Waals surface area (Å²) in [6.45, 7) is 0. The minimum absolute atomic E-state index is 0.0987. The zero-order chi connectivity index (χ0) is 34.6. The molecular formula is C47H30N4S. The number of fused-ring (bicyclic) bond motifs is 8. The van der Waals surface area contributed by atoms with Gasteiger partial charge in [0.05, 0.1) is 17.0 Å². The second-order valence-corrected chi connectivity index (χ2v) is 14.5. The lowest BCUT2D eigenvalue weighted by atomic mass is 9.64. The van der Waals surface area contributed by atoms with Gasteiger partial charge in [-0.1, -0.05) is 151 Å². The molecule has 2 heterocycles. The maximum Gasteiger partial charge on any atom is 0.163 e. The van der Waals surface area contributed by atoms with Crippen LogP contribution in [0, 0.1) is 11.3 Å². The molecule has 244 valence electrons. The van der Waals surface area contributed by atoms with Crippen molar-refractivity contribution in [3.05, 3.63) is 202 Å². The molecule has 5 heteroatoms. The van der Waals surface area contributed by atoms with E-state index in [-0.39, 0.29) is 5.92 Å². The zero-order valence-corrected chi connectivity index (χ0v) is 28.9. The number of nitriles is 1. The summed E-state index contributed by atoms with van der Waals surface area (Å²) >= 11 is 1.83. The van der Waals surface area contributed by atoms with Crippen molar-refractivity contribution in [3.8, 4) is 51.1 Å². The van der Waals surface area contributed by atoms with Crippen LogP contribution < -0.4 is 0 Å². The lowest BCUT2D eigenvalue weighted by Gasteiger charge is -2.43. The van der Waals surface area contributed by atoms with Gasteiger partial charge in [0.1, 0.15) is 5.82 Å². The molecule has 2 atom stereocenters. The Morgan fingerprint density at radius 3 is 2.04 bits per heavy atom. The largest absolute Gasteiger partial charge is 0.212 e. The average molecular weight is 683 g/mol. The maximum absolute atomic E-state index is 10.1. The van der Waals surface area contributed by atoms with Crippen molar-refractivity contribution in [3.63, 3.8) is 0 Å². The molecule has 52 heavy (non-hydrogen) atoms. The number of nitrogens with zero attached hydrogens (tertiary/aromatic N) is 4. The molecule has 0 radical (unpaired) electrons. The van der Waals surface area contributed by atoms with Crippen molar-refractivity contribution < 1.29 is 0 Å². The minimum atomic E-state index is -0.554. The standard InChI is InChI=1S/C47H30N4S/c48-29-30-22-24-37-36-18-7-8-19-38(36)47(40(37)26-30)39-20-9-10-21-42(39)52-43-25-23-35(28-41(43)47)46-50-44(32-14-5-2-6-15-32)49-45(51-46)34-17-11-16-33(27-34)31-12-3-1-4-13-31/h1-27,35H,28H2. The first kappa shape index (κ1) is 30.5. The van der Waals surface area contributed by atoms with E-state index < -0.39 is 5.41 Å². The fourth-order valence-corrected chi connectivity index (χ4v) is 9.51. The number of allylic oxidation sites excluding steroid dienone is 3. The average Bonchev–Trinajstić information content (AvgIpc) is 3.51. The van der Waals surface area contributed by atoms with Crippen molar-refractivity contribution in [2.75, 3.05) is 0 Å². The molecular weight excluding hydrogens is 653 g/mol. The van der Waals surface area contributed by atoms with Gasteiger partial charge in [0.2, 0.25) is 0 Å². The molecule has 4 nitrogen and oxygen atoms in total. The summed E-state index contributed by atoms with van der Waals surface area (Å²) in [5.41, 5.74) is 11.7. The number of rotatable bonds is 4. The van der Waals surface area contributed by atoms with Gasteiger partial charge in [0.15, 0.2) is 11.6 Å². The van der Waals surface area contributed by atoms with E-state index in [9.17, 15) is 5.26 Å². The fourth-order valence-electron chi connectivity index (χ4n) is 8.29. The van der Waals surface area contributed by atoms with Gasteiger partial charge in [-0.3, -0.25) is 0 Å². The first-order valence-electron chi connectivity index (χ1n) is 17.5. The van der Waals surface area contributed by atoms with Crippen LogP contribution in [0.3, 0.4) is 0 Å². The molecule has 0 saturated carbocycles. The van der Waals surface area contributed by atoms with Crippen molar-refractivity contribution in [2.24, 2.45) is 0 Å². The highest BCUT2D eigenvalue weighted by Gasteiger charge is 2.52.